The predicted molar refractivity (Wildman–Crippen MR) is 412 cm³/mol. The summed E-state index contributed by atoms with van der Waals surface area (Å²) in [6, 6.07) is 34.9. The van der Waals surface area contributed by atoms with Gasteiger partial charge in [-0.1, -0.05) is 53.7 Å². The highest BCUT2D eigenvalue weighted by Gasteiger charge is 2.26. The van der Waals surface area contributed by atoms with E-state index in [0.29, 0.717) is 86.3 Å². The molecule has 4 aliphatic rings. The predicted octanol–water partition coefficient (Wildman–Crippen LogP) is 12.5. The van der Waals surface area contributed by atoms with E-state index in [1.807, 2.05) is 106 Å². The van der Waals surface area contributed by atoms with E-state index in [4.69, 9.17) is 48.1 Å². The van der Waals surface area contributed by atoms with Crippen LogP contribution in [-0.2, 0) is 18.9 Å². The summed E-state index contributed by atoms with van der Waals surface area (Å²) in [4.78, 5) is 23.5. The van der Waals surface area contributed by atoms with Crippen molar-refractivity contribution in [3.05, 3.63) is 163 Å². The number of aromatic nitrogens is 9. The molecule has 14 rings (SSSR count). The van der Waals surface area contributed by atoms with Crippen LogP contribution in [0.4, 0.5) is 17.5 Å². The SMILES string of the molecule is CCOc1cc(-c2ccc(N3CCC(OCCC#CCN4CCC4)CC3)nc2)c2c(C#N)cnn2c1.CCOc1cc(-c2ccc(N3CCC(OCCC#CCOC)CC3)nc2)c2c(C#N)cnn2c1.CCOc1cc(-c2ccc(N3CCC(OCCC#Cc4ccccc4)CC3)nc2)c2c(C#N)cnn2c1. The average molecular weight is 1440 g/mol. The van der Waals surface area contributed by atoms with E-state index in [1.165, 1.54) is 19.5 Å². The maximum atomic E-state index is 9.56. The number of likely N-dealkylation sites (tertiary alicyclic amines) is 1. The van der Waals surface area contributed by atoms with Gasteiger partial charge in [-0.25, -0.2) is 28.5 Å². The second kappa shape index (κ2) is 38.5. The van der Waals surface area contributed by atoms with Gasteiger partial charge in [0, 0.05) is 136 Å². The first-order chi connectivity index (χ1) is 52.7. The highest BCUT2D eigenvalue weighted by atomic mass is 16.5. The maximum Gasteiger partial charge on any atom is 0.138 e. The molecule has 10 aromatic rings. The quantitative estimate of drug-likeness (QED) is 0.0427. The first-order valence-corrected chi connectivity index (χ1v) is 37.0. The molecule has 0 amide bonds. The number of hydrogen-bond donors (Lipinski definition) is 0. The number of nitriles is 3. The number of pyridine rings is 6. The van der Waals surface area contributed by atoms with Gasteiger partial charge >= 0.3 is 0 Å². The molecule has 4 aliphatic heterocycles. The standard InChI is InChI=1S/C30H29N5O2.C28H32N6O2.C26H29N5O3/c1-2-36-27-18-28(30-25(19-31)21-33-35(30)22-27)24-11-12-29(32-20-24)34-15-13-26(14-16-34)37-17-7-6-10-23-8-4-3-5-9-23;1-2-35-25-17-26(28-23(18-29)20-31-34(28)21-25)22-7-8-27(30-19-22)33-14-9-24(10-15-33)36-16-5-3-4-11-32-12-6-13-32;1-3-33-23-15-24(26-21(16-27)18-29-31(26)19-23)20-7-8-25(28-17-20)30-11-9-22(10-12-30)34-14-6-4-5-13-32-2/h3-5,8-9,11-12,18,20-22,26H,2,7,13-17H2,1H3;7-8,17,19-21,24H,2,5-6,9-16H2,1H3;7-8,15,17-19,22H,3,6,9-14H2,1-2H3. The van der Waals surface area contributed by atoms with E-state index in [9.17, 15) is 15.8 Å². The topological polar surface area (TPSA) is 240 Å². The van der Waals surface area contributed by atoms with E-state index < -0.39 is 0 Å². The van der Waals surface area contributed by atoms with Crippen LogP contribution in [0.15, 0.2) is 141 Å². The molecule has 548 valence electrons. The molecular formula is C84H90N16O7. The number of fused-ring (bicyclic) bond motifs is 3. The summed E-state index contributed by atoms with van der Waals surface area (Å²) in [6.07, 6.45) is 26.0. The second-order valence-corrected chi connectivity index (χ2v) is 26.0. The van der Waals surface area contributed by atoms with E-state index in [-0.39, 0.29) is 12.2 Å². The molecule has 0 radical (unpaired) electrons. The lowest BCUT2D eigenvalue weighted by Gasteiger charge is -2.32. The van der Waals surface area contributed by atoms with Crippen LogP contribution in [0.2, 0.25) is 0 Å². The van der Waals surface area contributed by atoms with Crippen LogP contribution < -0.4 is 28.9 Å². The van der Waals surface area contributed by atoms with Gasteiger partial charge in [-0.2, -0.15) is 31.1 Å². The van der Waals surface area contributed by atoms with Crippen molar-refractivity contribution < 1.29 is 33.2 Å². The number of nitrogens with zero attached hydrogens (tertiary/aromatic N) is 16. The van der Waals surface area contributed by atoms with Gasteiger partial charge in [0.05, 0.1) is 135 Å². The zero-order chi connectivity index (χ0) is 73.9. The number of anilines is 3. The van der Waals surface area contributed by atoms with E-state index in [0.717, 1.165) is 177 Å². The first kappa shape index (κ1) is 75.2. The summed E-state index contributed by atoms with van der Waals surface area (Å²) in [5.74, 6) is 23.8. The molecule has 107 heavy (non-hydrogen) atoms. The van der Waals surface area contributed by atoms with Crippen LogP contribution in [0.5, 0.6) is 17.2 Å². The van der Waals surface area contributed by atoms with Gasteiger partial charge < -0.3 is 47.9 Å². The Balaban J connectivity index is 0.000000150. The van der Waals surface area contributed by atoms with Crippen LogP contribution >= 0.6 is 0 Å². The largest absolute Gasteiger partial charge is 0.492 e. The fourth-order valence-electron chi connectivity index (χ4n) is 13.4. The molecule has 4 saturated heterocycles. The summed E-state index contributed by atoms with van der Waals surface area (Å²) < 4.78 is 45.3. The van der Waals surface area contributed by atoms with Crippen molar-refractivity contribution in [2.75, 3.05) is 127 Å². The minimum absolute atomic E-state index is 0.259. The second-order valence-electron chi connectivity index (χ2n) is 26.0. The van der Waals surface area contributed by atoms with Crippen LogP contribution in [0.1, 0.15) is 107 Å². The molecule has 1 aromatic carbocycles. The fraction of sp³-hybridized carbons (Fsp3) is 0.393. The number of rotatable bonds is 23. The van der Waals surface area contributed by atoms with Crippen molar-refractivity contribution >= 4 is 34.0 Å². The van der Waals surface area contributed by atoms with Gasteiger partial charge in [0.1, 0.15) is 59.5 Å². The lowest BCUT2D eigenvalue weighted by Crippen LogP contribution is -2.37. The van der Waals surface area contributed by atoms with Crippen LogP contribution in [0.25, 0.3) is 49.9 Å². The Labute approximate surface area is 626 Å². The van der Waals surface area contributed by atoms with Gasteiger partial charge in [-0.05, 0) is 132 Å². The number of piperidine rings is 3. The Morgan fingerprint density at radius 2 is 0.804 bits per heavy atom. The van der Waals surface area contributed by atoms with Crippen LogP contribution in [0.3, 0.4) is 0 Å². The van der Waals surface area contributed by atoms with E-state index >= 15 is 0 Å². The Kier molecular flexibility index (Phi) is 27.0. The number of ether oxygens (including phenoxy) is 7. The number of benzene rings is 1. The molecule has 13 heterocycles. The Bertz CT molecular complexity index is 4880. The van der Waals surface area contributed by atoms with Gasteiger partial charge in [0.25, 0.3) is 0 Å². The van der Waals surface area contributed by atoms with Gasteiger partial charge in [0.2, 0.25) is 0 Å². The number of hydrogen-bond acceptors (Lipinski definition) is 20. The minimum atomic E-state index is 0.259. The smallest absolute Gasteiger partial charge is 0.138 e. The first-order valence-electron chi connectivity index (χ1n) is 37.0. The summed E-state index contributed by atoms with van der Waals surface area (Å²) in [6.45, 7) is 18.7. The molecule has 23 heteroatoms. The molecule has 0 N–H and O–H groups in total. The molecule has 23 nitrogen and oxygen atoms in total. The summed E-state index contributed by atoms with van der Waals surface area (Å²) >= 11 is 0. The van der Waals surface area contributed by atoms with Gasteiger partial charge in [0.15, 0.2) is 0 Å². The maximum absolute atomic E-state index is 9.56. The van der Waals surface area contributed by atoms with Crippen molar-refractivity contribution in [3.8, 4) is 104 Å². The molecule has 0 saturated carbocycles. The summed E-state index contributed by atoms with van der Waals surface area (Å²) in [7, 11) is 1.64. The fourth-order valence-corrected chi connectivity index (χ4v) is 13.4. The van der Waals surface area contributed by atoms with Crippen molar-refractivity contribution in [1.29, 1.82) is 15.8 Å². The minimum Gasteiger partial charge on any atom is -0.492 e. The Morgan fingerprint density at radius 1 is 0.430 bits per heavy atom. The molecule has 0 atom stereocenters. The summed E-state index contributed by atoms with van der Waals surface area (Å²) in [5, 5.41) is 41.6. The molecule has 9 aromatic heterocycles. The lowest BCUT2D eigenvalue weighted by molar-refractivity contribution is 0.0405. The van der Waals surface area contributed by atoms with Crippen molar-refractivity contribution in [2.45, 2.75) is 103 Å². The van der Waals surface area contributed by atoms with E-state index in [2.05, 4.69) is 107 Å². The highest BCUT2D eigenvalue weighted by molar-refractivity contribution is 5.87. The Hall–Kier alpha value is -11.5. The normalized spacial score (nSPS) is 14.6. The molecule has 0 spiro atoms. The molecular weight excluding hydrogens is 1350 g/mol. The van der Waals surface area contributed by atoms with Crippen molar-refractivity contribution in [3.63, 3.8) is 0 Å². The zero-order valence-corrected chi connectivity index (χ0v) is 61.4. The third kappa shape index (κ3) is 19.9. The molecule has 0 aliphatic carbocycles. The van der Waals surface area contributed by atoms with Crippen LogP contribution in [0, 0.1) is 69.5 Å². The van der Waals surface area contributed by atoms with Crippen molar-refractivity contribution in [2.24, 2.45) is 0 Å². The highest BCUT2D eigenvalue weighted by Crippen LogP contribution is 2.36. The lowest BCUT2D eigenvalue weighted by atomic mass is 10.0. The number of methoxy groups -OCH3 is 1. The molecule has 4 fully saturated rings. The van der Waals surface area contributed by atoms with Crippen LogP contribution in [-0.4, -0.2) is 179 Å². The average Bonchev–Trinajstić information content (AvgIpc) is 1.77. The molecule has 0 bridgehead atoms. The third-order valence-corrected chi connectivity index (χ3v) is 19.0. The monoisotopic (exact) mass is 1430 g/mol. The molecule has 0 unspecified atom stereocenters. The van der Waals surface area contributed by atoms with Crippen molar-refractivity contribution in [1.82, 2.24) is 48.7 Å². The Morgan fingerprint density at radius 3 is 1.13 bits per heavy atom. The van der Waals surface area contributed by atoms with Gasteiger partial charge in [-0.3, -0.25) is 4.90 Å². The summed E-state index contributed by atoms with van der Waals surface area (Å²) in [5.41, 5.74) is 10.3. The zero-order valence-electron chi connectivity index (χ0n) is 61.4. The third-order valence-electron chi connectivity index (χ3n) is 19.0. The van der Waals surface area contributed by atoms with E-state index in [1.54, 1.807) is 57.8 Å². The van der Waals surface area contributed by atoms with Gasteiger partial charge in [-0.15, -0.1) is 0 Å².